The average Bonchev–Trinajstić information content (AvgIpc) is 3.15. The predicted octanol–water partition coefficient (Wildman–Crippen LogP) is -1.26. The standard InChI is InChI=1S/C11H19N3O5S/c12-20(18,19)13-5-7-2-1-3-14(6-7)10(15)8-4-9(8)11(16)17/h7-9,13H,1-6H2,(H,16,17)(H2,12,18,19). The van der Waals surface area contributed by atoms with E-state index in [1.807, 2.05) is 0 Å². The monoisotopic (exact) mass is 305 g/mol. The summed E-state index contributed by atoms with van der Waals surface area (Å²) in [5, 5.41) is 13.7. The van der Waals surface area contributed by atoms with E-state index in [4.69, 9.17) is 10.2 Å². The highest BCUT2D eigenvalue weighted by molar-refractivity contribution is 7.87. The second-order valence-electron chi connectivity index (χ2n) is 5.47. The van der Waals surface area contributed by atoms with E-state index in [0.717, 1.165) is 12.8 Å². The van der Waals surface area contributed by atoms with E-state index in [9.17, 15) is 18.0 Å². The number of carbonyl (C=O) groups excluding carboxylic acids is 1. The summed E-state index contributed by atoms with van der Waals surface area (Å²) in [5.41, 5.74) is 0. The topological polar surface area (TPSA) is 130 Å². The molecule has 2 aliphatic rings. The summed E-state index contributed by atoms with van der Waals surface area (Å²) >= 11 is 0. The molecule has 0 radical (unpaired) electrons. The second kappa shape index (κ2) is 5.66. The SMILES string of the molecule is NS(=O)(=O)NCC1CCCN(C(=O)C2CC2C(=O)O)C1. The number of piperidine rings is 1. The zero-order chi connectivity index (χ0) is 14.9. The first-order chi connectivity index (χ1) is 9.28. The lowest BCUT2D eigenvalue weighted by molar-refractivity contribution is -0.142. The summed E-state index contributed by atoms with van der Waals surface area (Å²) in [6, 6.07) is 0. The van der Waals surface area contributed by atoms with Crippen LogP contribution in [0.4, 0.5) is 0 Å². The summed E-state index contributed by atoms with van der Waals surface area (Å²) in [6.07, 6.45) is 2.01. The number of rotatable bonds is 5. The minimum Gasteiger partial charge on any atom is -0.481 e. The summed E-state index contributed by atoms with van der Waals surface area (Å²) < 4.78 is 23.9. The second-order valence-corrected chi connectivity index (χ2v) is 6.85. The lowest BCUT2D eigenvalue weighted by Gasteiger charge is -2.33. The zero-order valence-corrected chi connectivity index (χ0v) is 11.8. The number of nitrogens with zero attached hydrogens (tertiary/aromatic N) is 1. The number of amides is 1. The third kappa shape index (κ3) is 3.90. The molecular formula is C11H19N3O5S. The fourth-order valence-corrected chi connectivity index (χ4v) is 3.11. The van der Waals surface area contributed by atoms with Gasteiger partial charge in [0.1, 0.15) is 0 Å². The van der Waals surface area contributed by atoms with Gasteiger partial charge < -0.3 is 10.0 Å². The van der Waals surface area contributed by atoms with Gasteiger partial charge in [0, 0.05) is 19.6 Å². The van der Waals surface area contributed by atoms with Crippen LogP contribution in [-0.2, 0) is 19.8 Å². The van der Waals surface area contributed by atoms with E-state index >= 15 is 0 Å². The summed E-state index contributed by atoms with van der Waals surface area (Å²) in [7, 11) is -3.72. The normalized spacial score (nSPS) is 30.1. The lowest BCUT2D eigenvalue weighted by atomic mass is 9.98. The molecule has 0 aromatic carbocycles. The van der Waals surface area contributed by atoms with Crippen molar-refractivity contribution < 1.29 is 23.1 Å². The number of nitrogens with one attached hydrogen (secondary N) is 1. The van der Waals surface area contributed by atoms with Crippen LogP contribution in [0.5, 0.6) is 0 Å². The molecule has 0 aromatic rings. The van der Waals surface area contributed by atoms with Crippen LogP contribution >= 0.6 is 0 Å². The average molecular weight is 305 g/mol. The Morgan fingerprint density at radius 3 is 2.60 bits per heavy atom. The van der Waals surface area contributed by atoms with Crippen LogP contribution in [0.25, 0.3) is 0 Å². The molecule has 1 amide bonds. The van der Waals surface area contributed by atoms with Crippen molar-refractivity contribution in [2.24, 2.45) is 22.9 Å². The van der Waals surface area contributed by atoms with Gasteiger partial charge in [-0.2, -0.15) is 8.42 Å². The molecule has 1 saturated carbocycles. The molecule has 2 fully saturated rings. The molecule has 1 heterocycles. The molecule has 20 heavy (non-hydrogen) atoms. The Balaban J connectivity index is 1.84. The maximum absolute atomic E-state index is 12.1. The summed E-state index contributed by atoms with van der Waals surface area (Å²) in [6.45, 7) is 1.26. The van der Waals surface area contributed by atoms with Crippen LogP contribution in [0.2, 0.25) is 0 Å². The quantitative estimate of drug-likeness (QED) is 0.583. The van der Waals surface area contributed by atoms with Gasteiger partial charge in [0.05, 0.1) is 11.8 Å². The van der Waals surface area contributed by atoms with Gasteiger partial charge in [0.15, 0.2) is 0 Å². The first kappa shape index (κ1) is 15.2. The molecule has 2 rings (SSSR count). The smallest absolute Gasteiger partial charge is 0.307 e. The van der Waals surface area contributed by atoms with Gasteiger partial charge in [-0.1, -0.05) is 0 Å². The Kier molecular flexibility index (Phi) is 4.31. The Labute approximate surface area is 117 Å². The molecule has 8 nitrogen and oxygen atoms in total. The van der Waals surface area contributed by atoms with E-state index in [-0.39, 0.29) is 18.4 Å². The van der Waals surface area contributed by atoms with E-state index in [1.54, 1.807) is 4.90 Å². The van der Waals surface area contributed by atoms with Crippen LogP contribution in [-0.4, -0.2) is 49.9 Å². The Morgan fingerprint density at radius 2 is 2.05 bits per heavy atom. The van der Waals surface area contributed by atoms with Crippen LogP contribution in [0.3, 0.4) is 0 Å². The van der Waals surface area contributed by atoms with Crippen LogP contribution in [0.15, 0.2) is 0 Å². The van der Waals surface area contributed by atoms with Crippen molar-refractivity contribution in [3.05, 3.63) is 0 Å². The van der Waals surface area contributed by atoms with Gasteiger partial charge in [-0.05, 0) is 25.2 Å². The predicted molar refractivity (Wildman–Crippen MR) is 69.6 cm³/mol. The van der Waals surface area contributed by atoms with Gasteiger partial charge in [-0.3, -0.25) is 9.59 Å². The molecule has 0 bridgehead atoms. The number of hydrogen-bond acceptors (Lipinski definition) is 4. The highest BCUT2D eigenvalue weighted by Crippen LogP contribution is 2.40. The number of carboxylic acid groups (broad SMARTS) is 1. The molecule has 1 saturated heterocycles. The summed E-state index contributed by atoms with van der Waals surface area (Å²) in [4.78, 5) is 24.5. The van der Waals surface area contributed by atoms with Gasteiger partial charge in [-0.25, -0.2) is 9.86 Å². The highest BCUT2D eigenvalue weighted by atomic mass is 32.2. The van der Waals surface area contributed by atoms with Crippen molar-refractivity contribution in [2.45, 2.75) is 19.3 Å². The van der Waals surface area contributed by atoms with Crippen molar-refractivity contribution >= 4 is 22.1 Å². The maximum atomic E-state index is 12.1. The van der Waals surface area contributed by atoms with E-state index in [2.05, 4.69) is 4.72 Å². The fraction of sp³-hybridized carbons (Fsp3) is 0.818. The molecular weight excluding hydrogens is 286 g/mol. The molecule has 3 unspecified atom stereocenters. The number of hydrogen-bond donors (Lipinski definition) is 3. The molecule has 1 aliphatic heterocycles. The minimum absolute atomic E-state index is 0.0213. The number of aliphatic carboxylic acids is 1. The zero-order valence-electron chi connectivity index (χ0n) is 11.0. The molecule has 4 N–H and O–H groups in total. The van der Waals surface area contributed by atoms with Crippen LogP contribution in [0.1, 0.15) is 19.3 Å². The highest BCUT2D eigenvalue weighted by Gasteiger charge is 2.50. The molecule has 9 heteroatoms. The largest absolute Gasteiger partial charge is 0.481 e. The Bertz CT molecular complexity index is 506. The number of likely N-dealkylation sites (tertiary alicyclic amines) is 1. The third-order valence-corrected chi connectivity index (χ3v) is 4.40. The van der Waals surface area contributed by atoms with E-state index in [0.29, 0.717) is 19.5 Å². The third-order valence-electron chi connectivity index (χ3n) is 3.83. The van der Waals surface area contributed by atoms with Crippen molar-refractivity contribution in [3.63, 3.8) is 0 Å². The number of nitrogens with two attached hydrogens (primary N) is 1. The molecule has 114 valence electrons. The Morgan fingerprint density at radius 1 is 1.35 bits per heavy atom. The summed E-state index contributed by atoms with van der Waals surface area (Å²) in [5.74, 6) is -1.98. The first-order valence-electron chi connectivity index (χ1n) is 6.57. The molecule has 1 aliphatic carbocycles. The van der Waals surface area contributed by atoms with E-state index in [1.165, 1.54) is 0 Å². The molecule has 0 aromatic heterocycles. The minimum atomic E-state index is -3.72. The first-order valence-corrected chi connectivity index (χ1v) is 8.11. The number of carboxylic acids is 1. The van der Waals surface area contributed by atoms with Crippen molar-refractivity contribution in [3.8, 4) is 0 Å². The van der Waals surface area contributed by atoms with Gasteiger partial charge in [-0.15, -0.1) is 0 Å². The lowest BCUT2D eigenvalue weighted by Crippen LogP contribution is -2.45. The van der Waals surface area contributed by atoms with Gasteiger partial charge >= 0.3 is 5.97 Å². The van der Waals surface area contributed by atoms with Crippen LogP contribution < -0.4 is 9.86 Å². The van der Waals surface area contributed by atoms with E-state index < -0.39 is 28.0 Å². The van der Waals surface area contributed by atoms with Gasteiger partial charge in [0.2, 0.25) is 5.91 Å². The molecule has 0 spiro atoms. The Hall–Kier alpha value is -1.19. The fourth-order valence-electron chi connectivity index (χ4n) is 2.64. The van der Waals surface area contributed by atoms with Crippen molar-refractivity contribution in [1.29, 1.82) is 0 Å². The van der Waals surface area contributed by atoms with Gasteiger partial charge in [0.25, 0.3) is 10.2 Å². The van der Waals surface area contributed by atoms with Crippen molar-refractivity contribution in [2.75, 3.05) is 19.6 Å². The number of carbonyl (C=O) groups is 2. The maximum Gasteiger partial charge on any atom is 0.307 e. The molecule has 3 atom stereocenters. The van der Waals surface area contributed by atoms with Crippen LogP contribution in [0, 0.1) is 17.8 Å². The van der Waals surface area contributed by atoms with Crippen molar-refractivity contribution in [1.82, 2.24) is 9.62 Å².